The fourth-order valence-corrected chi connectivity index (χ4v) is 4.35. The van der Waals surface area contributed by atoms with Crippen LogP contribution in [0.2, 0.25) is 0 Å². The van der Waals surface area contributed by atoms with Gasteiger partial charge in [0.15, 0.2) is 0 Å². The van der Waals surface area contributed by atoms with E-state index >= 15 is 0 Å². The molecule has 0 bridgehead atoms. The van der Waals surface area contributed by atoms with E-state index in [1.807, 2.05) is 35.7 Å². The fourth-order valence-electron chi connectivity index (χ4n) is 2.62. The van der Waals surface area contributed by atoms with Gasteiger partial charge in [0.25, 0.3) is 0 Å². The Bertz CT molecular complexity index is 1100. The third kappa shape index (κ3) is 3.72. The standard InChI is InChI=1S/C19H12F3N3S2/c20-19(21,22)15-10-26-17-13(7-4-8-14(15)17)9-23-25-18-24-16(11-27-18)12-5-2-1-3-6-12/h1-11H,(H,24,25). The maximum atomic E-state index is 13.1. The molecule has 2 heterocycles. The number of nitrogens with zero attached hydrogens (tertiary/aromatic N) is 2. The molecule has 0 radical (unpaired) electrons. The van der Waals surface area contributed by atoms with E-state index in [1.165, 1.54) is 23.6 Å². The second kappa shape index (κ2) is 7.13. The topological polar surface area (TPSA) is 37.3 Å². The summed E-state index contributed by atoms with van der Waals surface area (Å²) >= 11 is 2.47. The predicted molar refractivity (Wildman–Crippen MR) is 106 cm³/mol. The van der Waals surface area contributed by atoms with Crippen molar-refractivity contribution in [1.82, 2.24) is 4.98 Å². The van der Waals surface area contributed by atoms with Crippen molar-refractivity contribution in [1.29, 1.82) is 0 Å². The number of aromatic nitrogens is 1. The minimum atomic E-state index is -4.36. The van der Waals surface area contributed by atoms with Crippen LogP contribution in [0.5, 0.6) is 0 Å². The van der Waals surface area contributed by atoms with Crippen molar-refractivity contribution in [3.63, 3.8) is 0 Å². The normalized spacial score (nSPS) is 12.1. The number of halogens is 3. The summed E-state index contributed by atoms with van der Waals surface area (Å²) in [5.41, 5.74) is 4.71. The van der Waals surface area contributed by atoms with Crippen LogP contribution in [0, 0.1) is 0 Å². The zero-order chi connectivity index (χ0) is 18.9. The number of benzene rings is 2. The van der Waals surface area contributed by atoms with E-state index in [-0.39, 0.29) is 5.39 Å². The Hall–Kier alpha value is -2.71. The molecule has 0 amide bonds. The third-order valence-corrected chi connectivity index (χ3v) is 5.67. The molecule has 1 N–H and O–H groups in total. The Kier molecular flexibility index (Phi) is 4.67. The average molecular weight is 403 g/mol. The number of fused-ring (bicyclic) bond motifs is 1. The summed E-state index contributed by atoms with van der Waals surface area (Å²) < 4.78 is 39.7. The van der Waals surface area contributed by atoms with Crippen molar-refractivity contribution in [3.8, 4) is 11.3 Å². The second-order valence-electron chi connectivity index (χ2n) is 5.64. The van der Waals surface area contributed by atoms with Crippen molar-refractivity contribution >= 4 is 44.1 Å². The first-order valence-corrected chi connectivity index (χ1v) is 9.66. The minimum Gasteiger partial charge on any atom is -0.253 e. The Labute approximate surface area is 160 Å². The van der Waals surface area contributed by atoms with Gasteiger partial charge in [-0.3, -0.25) is 5.43 Å². The lowest BCUT2D eigenvalue weighted by Gasteiger charge is -2.04. The molecular formula is C19H12F3N3S2. The number of thiophene rings is 1. The van der Waals surface area contributed by atoms with Crippen LogP contribution in [0.25, 0.3) is 21.3 Å². The molecular weight excluding hydrogens is 391 g/mol. The van der Waals surface area contributed by atoms with Gasteiger partial charge in [-0.2, -0.15) is 18.3 Å². The van der Waals surface area contributed by atoms with E-state index < -0.39 is 11.7 Å². The molecule has 0 atom stereocenters. The number of alkyl halides is 3. The SMILES string of the molecule is FC(F)(F)c1csc2c(C=NNc3nc(-c4ccccc4)cs3)cccc12. The number of hydrazone groups is 1. The molecule has 136 valence electrons. The van der Waals surface area contributed by atoms with Gasteiger partial charge in [0.2, 0.25) is 5.13 Å². The van der Waals surface area contributed by atoms with E-state index in [2.05, 4.69) is 15.5 Å². The Morgan fingerprint density at radius 3 is 2.56 bits per heavy atom. The molecule has 4 aromatic rings. The Morgan fingerprint density at radius 2 is 1.78 bits per heavy atom. The summed E-state index contributed by atoms with van der Waals surface area (Å²) in [6.07, 6.45) is -2.84. The van der Waals surface area contributed by atoms with Crippen LogP contribution in [-0.4, -0.2) is 11.2 Å². The first-order chi connectivity index (χ1) is 13.0. The van der Waals surface area contributed by atoms with Crippen LogP contribution in [0.4, 0.5) is 18.3 Å². The van der Waals surface area contributed by atoms with E-state index in [1.54, 1.807) is 12.1 Å². The van der Waals surface area contributed by atoms with Crippen LogP contribution in [0.1, 0.15) is 11.1 Å². The Morgan fingerprint density at radius 1 is 0.963 bits per heavy atom. The molecule has 4 rings (SSSR count). The average Bonchev–Trinajstić information content (AvgIpc) is 3.29. The van der Waals surface area contributed by atoms with Crippen molar-refractivity contribution in [2.45, 2.75) is 6.18 Å². The maximum Gasteiger partial charge on any atom is 0.417 e. The highest BCUT2D eigenvalue weighted by atomic mass is 32.1. The highest BCUT2D eigenvalue weighted by molar-refractivity contribution is 7.17. The van der Waals surface area contributed by atoms with Crippen molar-refractivity contribution in [2.24, 2.45) is 5.10 Å². The smallest absolute Gasteiger partial charge is 0.253 e. The van der Waals surface area contributed by atoms with E-state index in [0.29, 0.717) is 15.4 Å². The van der Waals surface area contributed by atoms with Crippen molar-refractivity contribution in [3.05, 3.63) is 70.4 Å². The van der Waals surface area contributed by atoms with Gasteiger partial charge in [-0.1, -0.05) is 48.5 Å². The summed E-state index contributed by atoms with van der Waals surface area (Å²) in [5, 5.41) is 8.00. The number of hydrogen-bond acceptors (Lipinski definition) is 5. The highest BCUT2D eigenvalue weighted by Crippen LogP contribution is 2.39. The lowest BCUT2D eigenvalue weighted by atomic mass is 10.1. The maximum absolute atomic E-state index is 13.1. The van der Waals surface area contributed by atoms with Gasteiger partial charge in [0.05, 0.1) is 17.5 Å². The number of rotatable bonds is 4. The van der Waals surface area contributed by atoms with Gasteiger partial charge in [-0.25, -0.2) is 4.98 Å². The second-order valence-corrected chi connectivity index (χ2v) is 7.38. The first-order valence-electron chi connectivity index (χ1n) is 7.90. The van der Waals surface area contributed by atoms with E-state index in [9.17, 15) is 13.2 Å². The predicted octanol–water partition coefficient (Wildman–Crippen LogP) is 6.49. The van der Waals surface area contributed by atoms with Crippen LogP contribution in [0.3, 0.4) is 0 Å². The lowest BCUT2D eigenvalue weighted by molar-refractivity contribution is -0.136. The van der Waals surface area contributed by atoms with Crippen molar-refractivity contribution in [2.75, 3.05) is 5.43 Å². The molecule has 0 aliphatic heterocycles. The van der Waals surface area contributed by atoms with Crippen LogP contribution in [0.15, 0.2) is 64.4 Å². The van der Waals surface area contributed by atoms with Crippen molar-refractivity contribution < 1.29 is 13.2 Å². The quantitative estimate of drug-likeness (QED) is 0.312. The molecule has 0 aliphatic carbocycles. The lowest BCUT2D eigenvalue weighted by Crippen LogP contribution is -2.03. The summed E-state index contributed by atoms with van der Waals surface area (Å²) in [4.78, 5) is 4.46. The molecule has 0 aliphatic rings. The van der Waals surface area contributed by atoms with Gasteiger partial charge in [0, 0.05) is 32.0 Å². The van der Waals surface area contributed by atoms with Gasteiger partial charge in [-0.15, -0.1) is 22.7 Å². The van der Waals surface area contributed by atoms with Crippen LogP contribution in [-0.2, 0) is 6.18 Å². The van der Waals surface area contributed by atoms with Gasteiger partial charge < -0.3 is 0 Å². The molecule has 8 heteroatoms. The zero-order valence-corrected chi connectivity index (χ0v) is 15.3. The zero-order valence-electron chi connectivity index (χ0n) is 13.7. The fraction of sp³-hybridized carbons (Fsp3) is 0.0526. The molecule has 2 aromatic heterocycles. The summed E-state index contributed by atoms with van der Waals surface area (Å²) in [6.45, 7) is 0. The summed E-state index contributed by atoms with van der Waals surface area (Å²) in [6, 6.07) is 14.6. The summed E-state index contributed by atoms with van der Waals surface area (Å²) in [7, 11) is 0. The molecule has 0 saturated carbocycles. The van der Waals surface area contributed by atoms with E-state index in [0.717, 1.165) is 28.0 Å². The third-order valence-electron chi connectivity index (χ3n) is 3.87. The summed E-state index contributed by atoms with van der Waals surface area (Å²) in [5.74, 6) is 0. The van der Waals surface area contributed by atoms with E-state index in [4.69, 9.17) is 0 Å². The largest absolute Gasteiger partial charge is 0.417 e. The number of anilines is 1. The van der Waals surface area contributed by atoms with Gasteiger partial charge in [-0.05, 0) is 0 Å². The first kappa shape index (κ1) is 17.7. The molecule has 0 fully saturated rings. The Balaban J connectivity index is 1.54. The minimum absolute atomic E-state index is 0.192. The highest BCUT2D eigenvalue weighted by Gasteiger charge is 2.33. The molecule has 3 nitrogen and oxygen atoms in total. The van der Waals surface area contributed by atoms with Gasteiger partial charge in [0.1, 0.15) is 0 Å². The molecule has 0 saturated heterocycles. The number of thiazole rings is 1. The van der Waals surface area contributed by atoms with Crippen LogP contribution >= 0.6 is 22.7 Å². The number of nitrogens with one attached hydrogen (secondary N) is 1. The molecule has 0 unspecified atom stereocenters. The molecule has 27 heavy (non-hydrogen) atoms. The molecule has 2 aromatic carbocycles. The molecule has 0 spiro atoms. The monoisotopic (exact) mass is 403 g/mol. The van der Waals surface area contributed by atoms with Gasteiger partial charge >= 0.3 is 6.18 Å². The number of hydrogen-bond donors (Lipinski definition) is 1. The van der Waals surface area contributed by atoms with Crippen LogP contribution < -0.4 is 5.43 Å².